The number of hydrogen-bond donors (Lipinski definition) is 1. The zero-order valence-electron chi connectivity index (χ0n) is 12.5. The molecule has 1 aromatic carbocycles. The zero-order valence-corrected chi connectivity index (χ0v) is 12.5. The molecule has 1 aliphatic rings. The van der Waals surface area contributed by atoms with Crippen LogP contribution in [0.25, 0.3) is 11.4 Å². The molecule has 1 saturated heterocycles. The van der Waals surface area contributed by atoms with E-state index in [0.29, 0.717) is 24.5 Å². The van der Waals surface area contributed by atoms with Gasteiger partial charge in [0.15, 0.2) is 0 Å². The van der Waals surface area contributed by atoms with Gasteiger partial charge in [0.2, 0.25) is 0 Å². The van der Waals surface area contributed by atoms with Gasteiger partial charge in [0.05, 0.1) is 17.0 Å². The van der Waals surface area contributed by atoms with Crippen LogP contribution < -0.4 is 0 Å². The molecule has 1 fully saturated rings. The average molecular weight is 294 g/mol. The molecular formula is C17H18N4O. The van der Waals surface area contributed by atoms with Gasteiger partial charge in [-0.3, -0.25) is 4.79 Å². The number of rotatable bonds is 2. The van der Waals surface area contributed by atoms with Gasteiger partial charge in [0.1, 0.15) is 5.82 Å². The Morgan fingerprint density at radius 1 is 1.45 bits per heavy atom. The normalized spacial score (nSPS) is 21.4. The summed E-state index contributed by atoms with van der Waals surface area (Å²) in [5.41, 5.74) is 0.967. The van der Waals surface area contributed by atoms with Crippen LogP contribution in [0, 0.1) is 16.7 Å². The van der Waals surface area contributed by atoms with Crippen molar-refractivity contribution < 1.29 is 4.79 Å². The highest BCUT2D eigenvalue weighted by molar-refractivity contribution is 6.00. The first-order valence-corrected chi connectivity index (χ1v) is 7.42. The van der Waals surface area contributed by atoms with E-state index in [1.54, 1.807) is 17.3 Å². The van der Waals surface area contributed by atoms with Gasteiger partial charge in [-0.1, -0.05) is 18.2 Å². The number of aromatic amines is 1. The molecule has 3 rings (SSSR count). The number of nitrogens with zero attached hydrogens (tertiary/aromatic N) is 3. The van der Waals surface area contributed by atoms with E-state index in [1.165, 1.54) is 0 Å². The number of likely N-dealkylation sites (tertiary alicyclic amines) is 1. The van der Waals surface area contributed by atoms with Crippen molar-refractivity contribution in [3.05, 3.63) is 42.2 Å². The number of nitriles is 1. The largest absolute Gasteiger partial charge is 0.345 e. The molecular weight excluding hydrogens is 276 g/mol. The fraction of sp³-hybridized carbons (Fsp3) is 0.353. The highest BCUT2D eigenvalue weighted by Gasteiger charge is 2.34. The third-order valence-corrected chi connectivity index (χ3v) is 4.16. The molecule has 1 aliphatic heterocycles. The van der Waals surface area contributed by atoms with Crippen LogP contribution in [0.4, 0.5) is 0 Å². The lowest BCUT2D eigenvalue weighted by Crippen LogP contribution is -2.44. The Morgan fingerprint density at radius 2 is 2.27 bits per heavy atom. The Labute approximate surface area is 129 Å². The van der Waals surface area contributed by atoms with E-state index in [0.717, 1.165) is 18.4 Å². The molecule has 2 heterocycles. The van der Waals surface area contributed by atoms with Gasteiger partial charge in [-0.05, 0) is 25.8 Å². The molecule has 112 valence electrons. The summed E-state index contributed by atoms with van der Waals surface area (Å²) in [4.78, 5) is 22.0. The van der Waals surface area contributed by atoms with Crippen LogP contribution in [0.1, 0.15) is 30.1 Å². The molecule has 22 heavy (non-hydrogen) atoms. The van der Waals surface area contributed by atoms with Gasteiger partial charge in [0, 0.05) is 31.0 Å². The van der Waals surface area contributed by atoms with Gasteiger partial charge >= 0.3 is 0 Å². The van der Waals surface area contributed by atoms with Crippen LogP contribution in [0.5, 0.6) is 0 Å². The van der Waals surface area contributed by atoms with Gasteiger partial charge in [-0.2, -0.15) is 5.26 Å². The van der Waals surface area contributed by atoms with Crippen LogP contribution in [-0.4, -0.2) is 33.9 Å². The number of imidazole rings is 1. The van der Waals surface area contributed by atoms with E-state index in [2.05, 4.69) is 16.0 Å². The van der Waals surface area contributed by atoms with Crippen molar-refractivity contribution in [3.63, 3.8) is 0 Å². The number of carbonyl (C=O) groups excluding carboxylic acids is 1. The molecule has 5 nitrogen and oxygen atoms in total. The number of hydrogen-bond acceptors (Lipinski definition) is 3. The number of amides is 1. The molecule has 0 spiro atoms. The topological polar surface area (TPSA) is 72.8 Å². The minimum atomic E-state index is -0.451. The SMILES string of the molecule is C[C@]1(C#N)CCCN(C(=O)c2ccccc2-c2ncc[nH]2)C1. The molecule has 0 bridgehead atoms. The summed E-state index contributed by atoms with van der Waals surface area (Å²) in [5.74, 6) is 0.650. The van der Waals surface area contributed by atoms with E-state index in [4.69, 9.17) is 0 Å². The molecule has 1 atom stereocenters. The van der Waals surface area contributed by atoms with E-state index in [1.807, 2.05) is 31.2 Å². The number of nitrogens with one attached hydrogen (secondary N) is 1. The summed E-state index contributed by atoms with van der Waals surface area (Å²) < 4.78 is 0. The summed E-state index contributed by atoms with van der Waals surface area (Å²) in [7, 11) is 0. The highest BCUT2D eigenvalue weighted by atomic mass is 16.2. The summed E-state index contributed by atoms with van der Waals surface area (Å²) in [6.07, 6.45) is 5.11. The van der Waals surface area contributed by atoms with Crippen molar-refractivity contribution in [2.75, 3.05) is 13.1 Å². The van der Waals surface area contributed by atoms with Crippen molar-refractivity contribution in [3.8, 4) is 17.5 Å². The Balaban J connectivity index is 1.92. The maximum absolute atomic E-state index is 12.9. The molecule has 1 aromatic heterocycles. The lowest BCUT2D eigenvalue weighted by molar-refractivity contribution is 0.0631. The molecule has 1 amide bonds. The molecule has 0 aliphatic carbocycles. The second-order valence-electron chi connectivity index (χ2n) is 5.99. The van der Waals surface area contributed by atoms with E-state index in [9.17, 15) is 10.1 Å². The van der Waals surface area contributed by atoms with Crippen molar-refractivity contribution >= 4 is 5.91 Å². The van der Waals surface area contributed by atoms with Gasteiger partial charge in [-0.25, -0.2) is 4.98 Å². The van der Waals surface area contributed by atoms with Crippen molar-refractivity contribution in [2.24, 2.45) is 5.41 Å². The summed E-state index contributed by atoms with van der Waals surface area (Å²) in [5, 5.41) is 9.32. The van der Waals surface area contributed by atoms with E-state index >= 15 is 0 Å². The third-order valence-electron chi connectivity index (χ3n) is 4.16. The predicted octanol–water partition coefficient (Wildman–Crippen LogP) is 2.84. The Kier molecular flexibility index (Phi) is 3.68. The predicted molar refractivity (Wildman–Crippen MR) is 82.9 cm³/mol. The van der Waals surface area contributed by atoms with E-state index < -0.39 is 5.41 Å². The highest BCUT2D eigenvalue weighted by Crippen LogP contribution is 2.30. The standard InChI is InChI=1S/C17H18N4O/c1-17(11-18)7-4-10-21(12-17)16(22)14-6-3-2-5-13(14)15-19-8-9-20-15/h2-3,5-6,8-9H,4,7,10,12H2,1H3,(H,19,20)/t17-/m1/s1. The smallest absolute Gasteiger partial charge is 0.254 e. The second-order valence-corrected chi connectivity index (χ2v) is 5.99. The van der Waals surface area contributed by atoms with Crippen LogP contribution in [0.15, 0.2) is 36.7 Å². The van der Waals surface area contributed by atoms with Crippen molar-refractivity contribution in [1.29, 1.82) is 5.26 Å². The molecule has 0 radical (unpaired) electrons. The molecule has 0 unspecified atom stereocenters. The monoisotopic (exact) mass is 294 g/mol. The minimum absolute atomic E-state index is 0.0341. The fourth-order valence-corrected chi connectivity index (χ4v) is 2.96. The number of aromatic nitrogens is 2. The number of H-pyrrole nitrogens is 1. The Hall–Kier alpha value is -2.61. The molecule has 5 heteroatoms. The van der Waals surface area contributed by atoms with Gasteiger partial charge < -0.3 is 9.88 Å². The average Bonchev–Trinajstić information content (AvgIpc) is 3.08. The lowest BCUT2D eigenvalue weighted by Gasteiger charge is -2.36. The van der Waals surface area contributed by atoms with Crippen LogP contribution in [0.2, 0.25) is 0 Å². The fourth-order valence-electron chi connectivity index (χ4n) is 2.96. The number of carbonyl (C=O) groups is 1. The molecule has 0 saturated carbocycles. The number of piperidine rings is 1. The van der Waals surface area contributed by atoms with Gasteiger partial charge in [0.25, 0.3) is 5.91 Å². The Bertz CT molecular complexity index is 717. The lowest BCUT2D eigenvalue weighted by atomic mass is 9.83. The summed E-state index contributed by atoms with van der Waals surface area (Å²) >= 11 is 0. The summed E-state index contributed by atoms with van der Waals surface area (Å²) in [6.45, 7) is 3.10. The maximum Gasteiger partial charge on any atom is 0.254 e. The second kappa shape index (κ2) is 5.64. The minimum Gasteiger partial charge on any atom is -0.345 e. The van der Waals surface area contributed by atoms with Gasteiger partial charge in [-0.15, -0.1) is 0 Å². The van der Waals surface area contributed by atoms with E-state index in [-0.39, 0.29) is 5.91 Å². The first-order chi connectivity index (χ1) is 10.6. The quantitative estimate of drug-likeness (QED) is 0.925. The first kappa shape index (κ1) is 14.3. The van der Waals surface area contributed by atoms with Crippen molar-refractivity contribution in [1.82, 2.24) is 14.9 Å². The van der Waals surface area contributed by atoms with Crippen molar-refractivity contribution in [2.45, 2.75) is 19.8 Å². The maximum atomic E-state index is 12.9. The zero-order chi connectivity index (χ0) is 15.6. The van der Waals surface area contributed by atoms with Crippen LogP contribution >= 0.6 is 0 Å². The number of benzene rings is 1. The van der Waals surface area contributed by atoms with Crippen LogP contribution in [0.3, 0.4) is 0 Å². The Morgan fingerprint density at radius 3 is 3.00 bits per heavy atom. The first-order valence-electron chi connectivity index (χ1n) is 7.42. The summed E-state index contributed by atoms with van der Waals surface area (Å²) in [6, 6.07) is 9.80. The van der Waals surface area contributed by atoms with Crippen LogP contribution in [-0.2, 0) is 0 Å². The molecule has 2 aromatic rings. The molecule has 1 N–H and O–H groups in total. The third kappa shape index (κ3) is 2.60.